The smallest absolute Gasteiger partial charge is 0.374 e. The SMILES string of the molecule is CCNC(=NCCC(O)(c1nccn1C)C(F)(F)F)NC1CCN(CC(=O)NC)CC1. The molecule has 1 aliphatic heterocycles. The van der Waals surface area contributed by atoms with Gasteiger partial charge in [0.15, 0.2) is 5.96 Å². The van der Waals surface area contributed by atoms with Crippen LogP contribution in [0.4, 0.5) is 13.2 Å². The molecule has 1 aromatic heterocycles. The van der Waals surface area contributed by atoms with Crippen LogP contribution in [0.2, 0.25) is 0 Å². The molecule has 12 heteroatoms. The van der Waals surface area contributed by atoms with Crippen LogP contribution in [0.25, 0.3) is 0 Å². The lowest BCUT2D eigenvalue weighted by Gasteiger charge is -2.32. The van der Waals surface area contributed by atoms with Gasteiger partial charge in [0, 0.05) is 65.1 Å². The standard InChI is InChI=1S/C19H32F3N7O2/c1-4-24-17(27-14-5-10-29(11-6-14)13-15(30)23-2)26-8-7-18(31,19(20,21)22)16-25-9-12-28(16)3/h9,12,14,31H,4-8,10-11,13H2,1-3H3,(H,23,30)(H2,24,26,27). The van der Waals surface area contributed by atoms with Gasteiger partial charge in [0.2, 0.25) is 11.5 Å². The van der Waals surface area contributed by atoms with Crippen molar-refractivity contribution in [1.82, 2.24) is 30.4 Å². The van der Waals surface area contributed by atoms with Gasteiger partial charge in [0.05, 0.1) is 6.54 Å². The summed E-state index contributed by atoms with van der Waals surface area (Å²) in [6, 6.07) is 0.0924. The number of hydrogen-bond acceptors (Lipinski definition) is 5. The number of amides is 1. The van der Waals surface area contributed by atoms with Gasteiger partial charge in [-0.15, -0.1) is 0 Å². The van der Waals surface area contributed by atoms with E-state index >= 15 is 0 Å². The van der Waals surface area contributed by atoms with Crippen molar-refractivity contribution in [1.29, 1.82) is 0 Å². The number of nitrogens with zero attached hydrogens (tertiary/aromatic N) is 4. The number of alkyl halides is 3. The highest BCUT2D eigenvalue weighted by Crippen LogP contribution is 2.40. The second-order valence-corrected chi connectivity index (χ2v) is 7.60. The van der Waals surface area contributed by atoms with Crippen molar-refractivity contribution in [3.8, 4) is 0 Å². The molecule has 0 saturated carbocycles. The number of nitrogens with one attached hydrogen (secondary N) is 3. The number of imidazole rings is 1. The van der Waals surface area contributed by atoms with Crippen LogP contribution in [0.15, 0.2) is 17.4 Å². The van der Waals surface area contributed by atoms with Crippen LogP contribution in [0.3, 0.4) is 0 Å². The summed E-state index contributed by atoms with van der Waals surface area (Å²) in [5.74, 6) is -0.0977. The van der Waals surface area contributed by atoms with E-state index < -0.39 is 24.0 Å². The van der Waals surface area contributed by atoms with Gasteiger partial charge in [-0.05, 0) is 19.8 Å². The fourth-order valence-electron chi connectivity index (χ4n) is 3.50. The average molecular weight is 448 g/mol. The van der Waals surface area contributed by atoms with E-state index in [-0.39, 0.29) is 18.5 Å². The molecule has 0 aromatic carbocycles. The van der Waals surface area contributed by atoms with Crippen molar-refractivity contribution >= 4 is 11.9 Å². The van der Waals surface area contributed by atoms with Crippen LogP contribution in [0, 0.1) is 0 Å². The molecule has 4 N–H and O–H groups in total. The molecule has 0 bridgehead atoms. The van der Waals surface area contributed by atoms with E-state index in [1.807, 2.05) is 6.92 Å². The molecule has 1 amide bonds. The zero-order valence-electron chi connectivity index (χ0n) is 18.2. The van der Waals surface area contributed by atoms with Crippen LogP contribution < -0.4 is 16.0 Å². The van der Waals surface area contributed by atoms with Gasteiger partial charge in [-0.1, -0.05) is 0 Å². The highest BCUT2D eigenvalue weighted by molar-refractivity contribution is 5.80. The number of rotatable bonds is 8. The van der Waals surface area contributed by atoms with Gasteiger partial charge in [0.1, 0.15) is 5.82 Å². The summed E-state index contributed by atoms with van der Waals surface area (Å²) in [6.07, 6.45) is -1.40. The summed E-state index contributed by atoms with van der Waals surface area (Å²) in [6.45, 7) is 3.98. The number of aromatic nitrogens is 2. The largest absolute Gasteiger partial charge is 0.424 e. The third kappa shape index (κ3) is 6.57. The first kappa shape index (κ1) is 24.9. The second kappa shape index (κ2) is 10.8. The quantitative estimate of drug-likeness (QED) is 0.338. The lowest BCUT2D eigenvalue weighted by Crippen LogP contribution is -2.50. The Morgan fingerprint density at radius 3 is 2.55 bits per heavy atom. The van der Waals surface area contributed by atoms with Crippen molar-refractivity contribution in [2.24, 2.45) is 12.0 Å². The van der Waals surface area contributed by atoms with Gasteiger partial charge in [-0.2, -0.15) is 13.2 Å². The van der Waals surface area contributed by atoms with Crippen LogP contribution >= 0.6 is 0 Å². The molecule has 1 fully saturated rings. The van der Waals surface area contributed by atoms with Gasteiger partial charge in [-0.25, -0.2) is 4.98 Å². The van der Waals surface area contributed by atoms with Gasteiger partial charge in [0.25, 0.3) is 0 Å². The van der Waals surface area contributed by atoms with Crippen molar-refractivity contribution in [3.63, 3.8) is 0 Å². The highest BCUT2D eigenvalue weighted by atomic mass is 19.4. The number of carbonyl (C=O) groups is 1. The molecule has 0 radical (unpaired) electrons. The number of likely N-dealkylation sites (N-methyl/N-ethyl adjacent to an activating group) is 1. The van der Waals surface area contributed by atoms with Gasteiger partial charge >= 0.3 is 6.18 Å². The Hall–Kier alpha value is -2.34. The monoisotopic (exact) mass is 447 g/mol. The van der Waals surface area contributed by atoms with E-state index in [1.54, 1.807) is 7.05 Å². The molecule has 176 valence electrons. The Labute approximate surface area is 180 Å². The predicted octanol–water partition coefficient (Wildman–Crippen LogP) is 0.326. The maximum Gasteiger partial charge on any atom is 0.424 e. The number of carbonyl (C=O) groups excluding carboxylic acids is 1. The summed E-state index contributed by atoms with van der Waals surface area (Å²) < 4.78 is 42.0. The normalized spacial score (nSPS) is 18.5. The Bertz CT molecular complexity index is 745. The van der Waals surface area contributed by atoms with E-state index in [1.165, 1.54) is 19.4 Å². The highest BCUT2D eigenvalue weighted by Gasteiger charge is 2.57. The molecule has 1 atom stereocenters. The lowest BCUT2D eigenvalue weighted by molar-refractivity contribution is -0.272. The van der Waals surface area contributed by atoms with E-state index in [9.17, 15) is 23.1 Å². The molecule has 1 unspecified atom stereocenters. The molecule has 31 heavy (non-hydrogen) atoms. The first-order chi connectivity index (χ1) is 14.6. The second-order valence-electron chi connectivity index (χ2n) is 7.60. The fraction of sp³-hybridized carbons (Fsp3) is 0.737. The maximum absolute atomic E-state index is 13.6. The van der Waals surface area contributed by atoms with Crippen molar-refractivity contribution in [2.45, 2.75) is 44.0 Å². The number of likely N-dealkylation sites (tertiary alicyclic amines) is 1. The van der Waals surface area contributed by atoms with Crippen molar-refractivity contribution in [2.75, 3.05) is 39.8 Å². The van der Waals surface area contributed by atoms with Crippen LogP contribution in [-0.2, 0) is 17.4 Å². The Morgan fingerprint density at radius 2 is 2.03 bits per heavy atom. The number of hydrogen-bond donors (Lipinski definition) is 4. The maximum atomic E-state index is 13.6. The van der Waals surface area contributed by atoms with E-state index in [0.717, 1.165) is 30.5 Å². The lowest BCUT2D eigenvalue weighted by atomic mass is 9.98. The molecule has 0 aliphatic carbocycles. The molecular weight excluding hydrogens is 415 g/mol. The number of aliphatic imine (C=N–C) groups is 1. The third-order valence-electron chi connectivity index (χ3n) is 5.32. The topological polar surface area (TPSA) is 107 Å². The summed E-state index contributed by atoms with van der Waals surface area (Å²) in [5.41, 5.74) is -3.09. The zero-order chi connectivity index (χ0) is 23.1. The molecule has 2 rings (SSSR count). The van der Waals surface area contributed by atoms with E-state index in [2.05, 4.69) is 30.8 Å². The predicted molar refractivity (Wildman–Crippen MR) is 110 cm³/mol. The Morgan fingerprint density at radius 1 is 1.35 bits per heavy atom. The number of aryl methyl sites for hydroxylation is 1. The summed E-state index contributed by atoms with van der Waals surface area (Å²) in [5, 5.41) is 19.3. The molecule has 1 saturated heterocycles. The van der Waals surface area contributed by atoms with Crippen LogP contribution in [-0.4, -0.2) is 83.4 Å². The average Bonchev–Trinajstić information content (AvgIpc) is 3.15. The number of halogens is 3. The minimum absolute atomic E-state index is 0.0359. The van der Waals surface area contributed by atoms with Crippen molar-refractivity contribution in [3.05, 3.63) is 18.2 Å². The molecule has 1 aromatic rings. The van der Waals surface area contributed by atoms with Crippen LogP contribution in [0.1, 0.15) is 32.0 Å². The molecule has 1 aliphatic rings. The molecule has 0 spiro atoms. The van der Waals surface area contributed by atoms with Gasteiger partial charge in [-0.3, -0.25) is 14.7 Å². The zero-order valence-corrected chi connectivity index (χ0v) is 18.2. The first-order valence-corrected chi connectivity index (χ1v) is 10.4. The minimum Gasteiger partial charge on any atom is -0.374 e. The first-order valence-electron chi connectivity index (χ1n) is 10.4. The fourth-order valence-corrected chi connectivity index (χ4v) is 3.50. The molecular formula is C19H32F3N7O2. The molecule has 9 nitrogen and oxygen atoms in total. The Balaban J connectivity index is 1.98. The minimum atomic E-state index is -4.88. The van der Waals surface area contributed by atoms with Crippen molar-refractivity contribution < 1.29 is 23.1 Å². The van der Waals surface area contributed by atoms with Gasteiger partial charge < -0.3 is 25.6 Å². The summed E-state index contributed by atoms with van der Waals surface area (Å²) >= 11 is 0. The van der Waals surface area contributed by atoms with E-state index in [0.29, 0.717) is 19.0 Å². The van der Waals surface area contributed by atoms with E-state index in [4.69, 9.17) is 0 Å². The Kier molecular flexibility index (Phi) is 8.69. The summed E-state index contributed by atoms with van der Waals surface area (Å²) in [4.78, 5) is 21.5. The van der Waals surface area contributed by atoms with Crippen LogP contribution in [0.5, 0.6) is 0 Å². The number of aliphatic hydroxyl groups is 1. The molecule has 2 heterocycles. The number of guanidine groups is 1. The summed E-state index contributed by atoms with van der Waals surface area (Å²) in [7, 11) is 3.01. The number of piperidine rings is 1. The third-order valence-corrected chi connectivity index (χ3v) is 5.32.